The van der Waals surface area contributed by atoms with Gasteiger partial charge in [0.1, 0.15) is 18.8 Å². The molecule has 1 aliphatic rings. The Morgan fingerprint density at radius 3 is 2.13 bits per heavy atom. The molecule has 11 nitrogen and oxygen atoms in total. The van der Waals surface area contributed by atoms with Crippen LogP contribution < -0.4 is 16.8 Å². The number of esters is 1. The fourth-order valence-electron chi connectivity index (χ4n) is 4.20. The van der Waals surface area contributed by atoms with Gasteiger partial charge in [0, 0.05) is 19.8 Å². The average Bonchev–Trinajstić information content (AvgIpc) is 2.85. The van der Waals surface area contributed by atoms with Crippen LogP contribution in [0.5, 0.6) is 0 Å². The van der Waals surface area contributed by atoms with Crippen LogP contribution in [0.15, 0.2) is 16.4 Å². The van der Waals surface area contributed by atoms with Crippen LogP contribution in [0.25, 0.3) is 0 Å². The average molecular weight is 545 g/mol. The molecule has 0 radical (unpaired) electrons. The maximum Gasteiger partial charge on any atom is 0.333 e. The van der Waals surface area contributed by atoms with E-state index in [-0.39, 0.29) is 24.2 Å². The van der Waals surface area contributed by atoms with Gasteiger partial charge in [0.2, 0.25) is 5.91 Å². The van der Waals surface area contributed by atoms with Gasteiger partial charge in [0.25, 0.3) is 0 Å². The van der Waals surface area contributed by atoms with E-state index in [0.29, 0.717) is 6.42 Å². The minimum atomic E-state index is -2.25. The van der Waals surface area contributed by atoms with Gasteiger partial charge in [-0.2, -0.15) is 0 Å². The Bertz CT molecular complexity index is 817. The van der Waals surface area contributed by atoms with Crippen molar-refractivity contribution in [1.82, 2.24) is 5.32 Å². The molecule has 0 aromatic rings. The molecule has 0 aliphatic carbocycles. The number of nitrogens with zero attached hydrogens (tertiary/aromatic N) is 1. The van der Waals surface area contributed by atoms with Crippen molar-refractivity contribution in [3.05, 3.63) is 11.4 Å². The third-order valence-electron chi connectivity index (χ3n) is 6.19. The van der Waals surface area contributed by atoms with Crippen molar-refractivity contribution in [2.75, 3.05) is 6.61 Å². The van der Waals surface area contributed by atoms with Gasteiger partial charge >= 0.3 is 11.9 Å². The normalized spacial score (nSPS) is 18.9. The Morgan fingerprint density at radius 2 is 1.63 bits per heavy atom. The summed E-state index contributed by atoms with van der Waals surface area (Å²) in [5.41, 5.74) is 10.5. The molecule has 38 heavy (non-hydrogen) atoms. The van der Waals surface area contributed by atoms with Crippen LogP contribution in [-0.2, 0) is 23.9 Å². The number of carbonyl (C=O) groups excluding carboxylic acids is 2. The molecule has 3 unspecified atom stereocenters. The first-order chi connectivity index (χ1) is 18.1. The molecule has 218 valence electrons. The number of halogens is 1. The molecule has 0 saturated heterocycles. The van der Waals surface area contributed by atoms with E-state index >= 15 is 4.39 Å². The van der Waals surface area contributed by atoms with E-state index in [1.807, 2.05) is 0 Å². The third kappa shape index (κ3) is 13.2. The van der Waals surface area contributed by atoms with E-state index in [9.17, 15) is 24.6 Å². The Labute approximate surface area is 224 Å². The number of ether oxygens (including phenoxy) is 2. The number of rotatable bonds is 19. The minimum Gasteiger partial charge on any atom is -0.479 e. The van der Waals surface area contributed by atoms with Crippen LogP contribution in [0, 0.1) is 0 Å². The van der Waals surface area contributed by atoms with Gasteiger partial charge in [-0.1, -0.05) is 71.1 Å². The first-order valence-electron chi connectivity index (χ1n) is 13.5. The number of carboxylic acid groups (broad SMARTS) is 1. The number of aliphatic hydroxyl groups is 1. The third-order valence-corrected chi connectivity index (χ3v) is 6.19. The zero-order valence-corrected chi connectivity index (χ0v) is 22.6. The smallest absolute Gasteiger partial charge is 0.333 e. The predicted octanol–water partition coefficient (Wildman–Crippen LogP) is 2.79. The molecule has 4 atom stereocenters. The second-order valence-corrected chi connectivity index (χ2v) is 9.65. The molecule has 1 heterocycles. The first kappa shape index (κ1) is 33.3. The number of guanidine groups is 1. The number of unbranched alkanes of at least 4 members (excludes halogenated alkanes) is 10. The van der Waals surface area contributed by atoms with Crippen molar-refractivity contribution in [3.63, 3.8) is 0 Å². The number of hydrogen-bond donors (Lipinski definition) is 5. The summed E-state index contributed by atoms with van der Waals surface area (Å²) in [6.07, 6.45) is 4.96. The van der Waals surface area contributed by atoms with E-state index < -0.39 is 54.9 Å². The Kier molecular flexibility index (Phi) is 16.2. The maximum absolute atomic E-state index is 15.3. The van der Waals surface area contributed by atoms with E-state index in [1.165, 1.54) is 44.9 Å². The number of aliphatic imine (C=N–C) groups is 1. The van der Waals surface area contributed by atoms with Crippen LogP contribution in [0.3, 0.4) is 0 Å². The number of nitrogens with one attached hydrogen (secondary N) is 1. The van der Waals surface area contributed by atoms with E-state index in [2.05, 4.69) is 17.2 Å². The van der Waals surface area contributed by atoms with Crippen LogP contribution in [0.2, 0.25) is 0 Å². The molecule has 1 rings (SSSR count). The molecule has 7 N–H and O–H groups in total. The molecule has 0 bridgehead atoms. The van der Waals surface area contributed by atoms with E-state index in [4.69, 9.17) is 20.9 Å². The van der Waals surface area contributed by atoms with Gasteiger partial charge in [-0.05, 0) is 6.42 Å². The number of carbonyl (C=O) groups is 3. The fourth-order valence-corrected chi connectivity index (χ4v) is 4.20. The standard InChI is InChI=1S/C26H45FN4O7/c1-3-4-5-6-7-8-9-10-11-12-13-14-21(34)37-16-19(33)22(27)24-23(30-17(2)32)18(31-26(28)29)15-20(38-24)25(35)36/h19-20,22,24,33H,3-16H2,1-2H3,(H,30,32)(H,35,36)(H4,28,29,31)/t19-,20?,22?,24?/m0/s1. The van der Waals surface area contributed by atoms with Gasteiger partial charge < -0.3 is 36.5 Å². The number of hydrogen-bond acceptors (Lipinski definition) is 7. The second kappa shape index (κ2) is 18.5. The molecule has 12 heteroatoms. The summed E-state index contributed by atoms with van der Waals surface area (Å²) < 4.78 is 25.6. The fraction of sp³-hybridized carbons (Fsp3) is 0.769. The molecule has 0 aromatic heterocycles. The van der Waals surface area contributed by atoms with E-state index in [0.717, 1.165) is 26.2 Å². The second-order valence-electron chi connectivity index (χ2n) is 9.65. The van der Waals surface area contributed by atoms with Crippen LogP contribution in [0.4, 0.5) is 4.39 Å². The lowest BCUT2D eigenvalue weighted by Crippen LogP contribution is -2.49. The van der Waals surface area contributed by atoms with Crippen molar-refractivity contribution in [1.29, 1.82) is 0 Å². The van der Waals surface area contributed by atoms with Crippen LogP contribution in [0.1, 0.15) is 97.3 Å². The maximum atomic E-state index is 15.3. The number of aliphatic hydroxyl groups excluding tert-OH is 1. The van der Waals surface area contributed by atoms with Crippen molar-refractivity contribution in [2.45, 2.75) is 122 Å². The highest BCUT2D eigenvalue weighted by Gasteiger charge is 2.42. The lowest BCUT2D eigenvalue weighted by molar-refractivity contribution is -0.161. The Balaban J connectivity index is 2.53. The summed E-state index contributed by atoms with van der Waals surface area (Å²) in [4.78, 5) is 39.1. The highest BCUT2D eigenvalue weighted by atomic mass is 19.1. The summed E-state index contributed by atoms with van der Waals surface area (Å²) in [6, 6.07) is 0. The van der Waals surface area contributed by atoms with Crippen molar-refractivity contribution >= 4 is 23.8 Å². The zero-order valence-electron chi connectivity index (χ0n) is 22.6. The Morgan fingerprint density at radius 1 is 1.08 bits per heavy atom. The lowest BCUT2D eigenvalue weighted by Gasteiger charge is -2.34. The minimum absolute atomic E-state index is 0.0906. The quantitative estimate of drug-likeness (QED) is 0.0705. The summed E-state index contributed by atoms with van der Waals surface area (Å²) >= 11 is 0. The number of amides is 1. The monoisotopic (exact) mass is 544 g/mol. The van der Waals surface area contributed by atoms with Crippen molar-refractivity contribution in [2.24, 2.45) is 16.5 Å². The lowest BCUT2D eigenvalue weighted by atomic mass is 9.98. The summed E-state index contributed by atoms with van der Waals surface area (Å²) in [6.45, 7) is 2.69. The largest absolute Gasteiger partial charge is 0.479 e. The molecule has 1 amide bonds. The topological polar surface area (TPSA) is 187 Å². The number of aliphatic carboxylic acids is 1. The predicted molar refractivity (Wildman–Crippen MR) is 141 cm³/mol. The van der Waals surface area contributed by atoms with Crippen LogP contribution >= 0.6 is 0 Å². The Hall–Kier alpha value is -2.73. The number of carboxylic acids is 1. The van der Waals surface area contributed by atoms with Gasteiger partial charge in [-0.25, -0.2) is 14.2 Å². The van der Waals surface area contributed by atoms with Gasteiger partial charge in [-0.3, -0.25) is 9.59 Å². The number of nitrogens with two attached hydrogens (primary N) is 2. The van der Waals surface area contributed by atoms with Crippen molar-refractivity contribution in [3.8, 4) is 0 Å². The number of alkyl halides is 1. The molecule has 0 saturated carbocycles. The van der Waals surface area contributed by atoms with E-state index in [1.54, 1.807) is 0 Å². The highest BCUT2D eigenvalue weighted by molar-refractivity contribution is 5.79. The van der Waals surface area contributed by atoms with Gasteiger partial charge in [0.15, 0.2) is 18.2 Å². The van der Waals surface area contributed by atoms with Gasteiger partial charge in [-0.15, -0.1) is 0 Å². The van der Waals surface area contributed by atoms with Crippen LogP contribution in [-0.4, -0.2) is 65.1 Å². The molecule has 0 aromatic carbocycles. The summed E-state index contributed by atoms with van der Waals surface area (Å²) in [5, 5.41) is 22.1. The molecule has 0 fully saturated rings. The first-order valence-corrected chi connectivity index (χ1v) is 13.5. The zero-order chi connectivity index (χ0) is 28.5. The molecule has 1 aliphatic heterocycles. The SMILES string of the molecule is CCCCCCCCCCCCCC(=O)OC[C@H](O)C(F)C1OC(C(=O)O)CC(N=C(N)N)=C1NC(C)=O. The summed E-state index contributed by atoms with van der Waals surface area (Å²) in [7, 11) is 0. The molecular formula is C26H45FN4O7. The molecule has 0 spiro atoms. The summed E-state index contributed by atoms with van der Waals surface area (Å²) in [5.74, 6) is -3.01. The highest BCUT2D eigenvalue weighted by Crippen LogP contribution is 2.30. The van der Waals surface area contributed by atoms with Gasteiger partial charge in [0.05, 0.1) is 11.4 Å². The molecular weight excluding hydrogens is 499 g/mol. The van der Waals surface area contributed by atoms with Crippen molar-refractivity contribution < 1.29 is 38.5 Å².